The number of aliphatic hydroxyl groups is 1. The molecule has 3 nitrogen and oxygen atoms in total. The summed E-state index contributed by atoms with van der Waals surface area (Å²) in [4.78, 5) is 5.02. The average molecular weight is 297 g/mol. The molecule has 5 atom stereocenters. The van der Waals surface area contributed by atoms with Gasteiger partial charge in [-0.05, 0) is 41.7 Å². The van der Waals surface area contributed by atoms with Gasteiger partial charge in [-0.15, -0.1) is 0 Å². The Morgan fingerprint density at radius 1 is 1.27 bits per heavy atom. The normalized spacial score (nSPS) is 43.7. The minimum Gasteiger partial charge on any atom is -0.474 e. The Labute approximate surface area is 131 Å². The van der Waals surface area contributed by atoms with Crippen LogP contribution in [0, 0.1) is 16.7 Å². The van der Waals surface area contributed by atoms with Crippen LogP contribution in [0.25, 0.3) is 0 Å². The van der Waals surface area contributed by atoms with Crippen molar-refractivity contribution in [3.8, 4) is 0 Å². The van der Waals surface area contributed by atoms with Crippen LogP contribution >= 0.6 is 0 Å². The van der Waals surface area contributed by atoms with Crippen molar-refractivity contribution in [3.05, 3.63) is 35.4 Å². The molecule has 0 aromatic heterocycles. The highest BCUT2D eigenvalue weighted by Gasteiger charge is 2.68. The Balaban J connectivity index is 1.59. The topological polar surface area (TPSA) is 41.8 Å². The predicted octanol–water partition coefficient (Wildman–Crippen LogP) is 3.27. The smallest absolute Gasteiger partial charge is 0.193 e. The third kappa shape index (κ3) is 1.31. The second kappa shape index (κ2) is 3.94. The van der Waals surface area contributed by atoms with E-state index >= 15 is 0 Å². The molecule has 3 unspecified atom stereocenters. The molecule has 0 amide bonds. The monoisotopic (exact) mass is 297 g/mol. The molecule has 0 radical (unpaired) electrons. The van der Waals surface area contributed by atoms with Gasteiger partial charge in [0, 0.05) is 6.42 Å². The highest BCUT2D eigenvalue weighted by Crippen LogP contribution is 2.67. The summed E-state index contributed by atoms with van der Waals surface area (Å²) in [5.74, 6) is 1.45. The molecule has 22 heavy (non-hydrogen) atoms. The summed E-state index contributed by atoms with van der Waals surface area (Å²) < 4.78 is 6.37. The maximum Gasteiger partial charge on any atom is 0.193 e. The molecule has 2 saturated carbocycles. The number of aliphatic imine (C=N–C) groups is 1. The summed E-state index contributed by atoms with van der Waals surface area (Å²) in [5, 5.41) is 10.8. The number of fused-ring (bicyclic) bond motifs is 5. The van der Waals surface area contributed by atoms with E-state index in [1.54, 1.807) is 0 Å². The molecular weight excluding hydrogens is 274 g/mol. The number of hydrogen-bond acceptors (Lipinski definition) is 3. The lowest BCUT2D eigenvalue weighted by Crippen LogP contribution is -2.46. The Hall–Kier alpha value is -1.35. The fourth-order valence-electron chi connectivity index (χ4n) is 5.77. The fourth-order valence-corrected chi connectivity index (χ4v) is 5.77. The summed E-state index contributed by atoms with van der Waals surface area (Å²) in [6, 6.07) is 8.69. The van der Waals surface area contributed by atoms with Crippen LogP contribution in [0.2, 0.25) is 0 Å². The van der Waals surface area contributed by atoms with Crippen molar-refractivity contribution in [2.45, 2.75) is 57.8 Å². The quantitative estimate of drug-likeness (QED) is 0.864. The van der Waals surface area contributed by atoms with Crippen molar-refractivity contribution in [3.63, 3.8) is 0 Å². The first-order valence-corrected chi connectivity index (χ1v) is 8.55. The summed E-state index contributed by atoms with van der Waals surface area (Å²) in [6.45, 7) is 4.60. The van der Waals surface area contributed by atoms with E-state index in [0.717, 1.165) is 25.2 Å². The second-order valence-electron chi connectivity index (χ2n) is 8.12. The van der Waals surface area contributed by atoms with Crippen molar-refractivity contribution in [2.24, 2.45) is 21.7 Å². The van der Waals surface area contributed by atoms with Crippen molar-refractivity contribution >= 4 is 5.90 Å². The molecule has 2 bridgehead atoms. The van der Waals surface area contributed by atoms with Crippen LogP contribution < -0.4 is 0 Å². The molecule has 3 heteroatoms. The van der Waals surface area contributed by atoms with E-state index in [1.165, 1.54) is 17.5 Å². The molecule has 116 valence electrons. The lowest BCUT2D eigenvalue weighted by molar-refractivity contribution is 0.0289. The van der Waals surface area contributed by atoms with E-state index in [0.29, 0.717) is 5.92 Å². The van der Waals surface area contributed by atoms with E-state index in [-0.39, 0.29) is 29.1 Å². The molecular formula is C19H23NO2. The Morgan fingerprint density at radius 2 is 2.09 bits per heavy atom. The molecule has 1 N–H and O–H groups in total. The summed E-state index contributed by atoms with van der Waals surface area (Å²) in [5.41, 5.74) is 2.52. The van der Waals surface area contributed by atoms with Gasteiger partial charge in [-0.2, -0.15) is 0 Å². The zero-order valence-electron chi connectivity index (χ0n) is 13.2. The SMILES string of the molecule is CC1(C)C2CCC1(C1=N[C@H]3c4ccccc4C[C@H]3O1)C(O)C2. The molecule has 3 aliphatic carbocycles. The van der Waals surface area contributed by atoms with Crippen LogP contribution in [0.1, 0.15) is 50.3 Å². The molecule has 1 aromatic carbocycles. The maximum absolute atomic E-state index is 10.8. The van der Waals surface area contributed by atoms with Gasteiger partial charge in [0.15, 0.2) is 5.90 Å². The molecule has 2 fully saturated rings. The number of benzene rings is 1. The molecule has 1 heterocycles. The van der Waals surface area contributed by atoms with Crippen molar-refractivity contribution in [1.29, 1.82) is 0 Å². The van der Waals surface area contributed by atoms with Crippen LogP contribution in [0.5, 0.6) is 0 Å². The highest BCUT2D eigenvalue weighted by molar-refractivity contribution is 5.87. The minimum absolute atomic E-state index is 0.0867. The lowest BCUT2D eigenvalue weighted by Gasteiger charge is -2.39. The molecule has 1 aliphatic heterocycles. The third-order valence-corrected chi connectivity index (χ3v) is 7.18. The average Bonchev–Trinajstić information content (AvgIpc) is 3.15. The number of ether oxygens (including phenoxy) is 1. The zero-order chi connectivity index (χ0) is 15.1. The first-order valence-electron chi connectivity index (χ1n) is 8.55. The minimum atomic E-state index is -0.297. The van der Waals surface area contributed by atoms with Crippen molar-refractivity contribution in [1.82, 2.24) is 0 Å². The zero-order valence-corrected chi connectivity index (χ0v) is 13.2. The number of aliphatic hydroxyl groups excluding tert-OH is 1. The van der Waals surface area contributed by atoms with Crippen LogP contribution in [-0.2, 0) is 11.2 Å². The summed E-state index contributed by atoms with van der Waals surface area (Å²) in [6.07, 6.45) is 3.91. The second-order valence-corrected chi connectivity index (χ2v) is 8.12. The van der Waals surface area contributed by atoms with E-state index < -0.39 is 0 Å². The van der Waals surface area contributed by atoms with Gasteiger partial charge in [0.05, 0.1) is 11.5 Å². The van der Waals surface area contributed by atoms with Crippen LogP contribution in [0.3, 0.4) is 0 Å². The van der Waals surface area contributed by atoms with Gasteiger partial charge >= 0.3 is 0 Å². The summed E-state index contributed by atoms with van der Waals surface area (Å²) >= 11 is 0. The van der Waals surface area contributed by atoms with E-state index in [1.807, 2.05) is 0 Å². The van der Waals surface area contributed by atoms with Gasteiger partial charge in [0.25, 0.3) is 0 Å². The summed E-state index contributed by atoms with van der Waals surface area (Å²) in [7, 11) is 0. The molecule has 0 saturated heterocycles. The number of nitrogens with zero attached hydrogens (tertiary/aromatic N) is 1. The molecule has 5 rings (SSSR count). The van der Waals surface area contributed by atoms with Gasteiger partial charge in [-0.25, -0.2) is 4.99 Å². The lowest BCUT2D eigenvalue weighted by atomic mass is 9.68. The van der Waals surface area contributed by atoms with E-state index in [9.17, 15) is 5.11 Å². The predicted molar refractivity (Wildman–Crippen MR) is 84.8 cm³/mol. The Kier molecular flexibility index (Phi) is 2.35. The number of rotatable bonds is 1. The van der Waals surface area contributed by atoms with Gasteiger partial charge in [0.2, 0.25) is 0 Å². The van der Waals surface area contributed by atoms with Crippen LogP contribution in [-0.4, -0.2) is 23.2 Å². The molecule has 0 spiro atoms. The molecule has 4 aliphatic rings. The Morgan fingerprint density at radius 3 is 2.82 bits per heavy atom. The largest absolute Gasteiger partial charge is 0.474 e. The van der Waals surface area contributed by atoms with Crippen molar-refractivity contribution in [2.75, 3.05) is 0 Å². The van der Waals surface area contributed by atoms with Crippen molar-refractivity contribution < 1.29 is 9.84 Å². The van der Waals surface area contributed by atoms with Gasteiger partial charge < -0.3 is 9.84 Å². The third-order valence-electron chi connectivity index (χ3n) is 7.18. The highest BCUT2D eigenvalue weighted by atomic mass is 16.5. The van der Waals surface area contributed by atoms with Crippen LogP contribution in [0.4, 0.5) is 0 Å². The maximum atomic E-state index is 10.8. The van der Waals surface area contributed by atoms with Gasteiger partial charge in [0.1, 0.15) is 12.1 Å². The first-order chi connectivity index (χ1) is 10.5. The first kappa shape index (κ1) is 13.1. The number of hydrogen-bond donors (Lipinski definition) is 1. The van der Waals surface area contributed by atoms with E-state index in [4.69, 9.17) is 9.73 Å². The van der Waals surface area contributed by atoms with Gasteiger partial charge in [-0.1, -0.05) is 38.1 Å². The standard InChI is InChI=1S/C19H23NO2/c1-18(2)12-7-8-19(18,15(21)10-12)17-20-16-13-6-4-3-5-11(13)9-14(16)22-17/h3-6,12,14-16,21H,7-10H2,1-2H3/t12?,14-,15?,16+,19?/m1/s1. The van der Waals surface area contributed by atoms with Crippen LogP contribution in [0.15, 0.2) is 29.3 Å². The van der Waals surface area contributed by atoms with E-state index in [2.05, 4.69) is 38.1 Å². The fraction of sp³-hybridized carbons (Fsp3) is 0.632. The Bertz CT molecular complexity index is 680. The molecule has 1 aromatic rings. The van der Waals surface area contributed by atoms with Gasteiger partial charge in [-0.3, -0.25) is 0 Å².